The summed E-state index contributed by atoms with van der Waals surface area (Å²) in [4.78, 5) is 19.9. The molecule has 0 radical (unpaired) electrons. The molecular formula is C16H20N6O2. The van der Waals surface area contributed by atoms with Gasteiger partial charge in [0.2, 0.25) is 5.91 Å². The molecule has 1 aliphatic carbocycles. The second kappa shape index (κ2) is 6.46. The van der Waals surface area contributed by atoms with Crippen molar-refractivity contribution in [3.8, 4) is 5.88 Å². The topological polar surface area (TPSA) is 94.0 Å². The quantitative estimate of drug-likeness (QED) is 0.869. The minimum atomic E-state index is 0.106. The van der Waals surface area contributed by atoms with E-state index in [1.54, 1.807) is 18.6 Å². The summed E-state index contributed by atoms with van der Waals surface area (Å²) in [6.07, 6.45) is 11.9. The summed E-state index contributed by atoms with van der Waals surface area (Å²) in [5, 5.41) is 10.5. The van der Waals surface area contributed by atoms with Gasteiger partial charge in [-0.15, -0.1) is 0 Å². The summed E-state index contributed by atoms with van der Waals surface area (Å²) in [7, 11) is 0. The zero-order valence-electron chi connectivity index (χ0n) is 13.3. The van der Waals surface area contributed by atoms with Gasteiger partial charge in [0.25, 0.3) is 5.88 Å². The van der Waals surface area contributed by atoms with E-state index in [2.05, 4.69) is 25.7 Å². The number of anilines is 2. The van der Waals surface area contributed by atoms with Crippen molar-refractivity contribution < 1.29 is 9.53 Å². The molecule has 0 bridgehead atoms. The maximum atomic E-state index is 11.3. The van der Waals surface area contributed by atoms with Gasteiger partial charge in [-0.25, -0.2) is 9.97 Å². The van der Waals surface area contributed by atoms with Gasteiger partial charge >= 0.3 is 0 Å². The second-order valence-electron chi connectivity index (χ2n) is 6.21. The van der Waals surface area contributed by atoms with Crippen LogP contribution in [-0.2, 0) is 4.79 Å². The molecule has 1 unspecified atom stereocenters. The number of aromatic nitrogens is 4. The van der Waals surface area contributed by atoms with E-state index in [4.69, 9.17) is 4.74 Å². The average molecular weight is 328 g/mol. The maximum absolute atomic E-state index is 11.3. The maximum Gasteiger partial charge on any atom is 0.258 e. The van der Waals surface area contributed by atoms with Crippen molar-refractivity contribution in [3.63, 3.8) is 0 Å². The fourth-order valence-corrected chi connectivity index (χ4v) is 2.83. The van der Waals surface area contributed by atoms with Crippen molar-refractivity contribution in [2.75, 3.05) is 11.9 Å². The number of piperidine rings is 1. The molecule has 1 saturated carbocycles. The Morgan fingerprint density at radius 1 is 1.25 bits per heavy atom. The molecule has 2 aliphatic rings. The Labute approximate surface area is 139 Å². The van der Waals surface area contributed by atoms with E-state index < -0.39 is 0 Å². The van der Waals surface area contributed by atoms with Crippen LogP contribution in [0.1, 0.15) is 38.1 Å². The number of hydrogen-bond acceptors (Lipinski definition) is 6. The molecule has 1 saturated heterocycles. The lowest BCUT2D eigenvalue weighted by Crippen LogP contribution is -2.36. The molecule has 126 valence electrons. The summed E-state index contributed by atoms with van der Waals surface area (Å²) >= 11 is 0. The highest BCUT2D eigenvalue weighted by molar-refractivity contribution is 5.76. The summed E-state index contributed by atoms with van der Waals surface area (Å²) < 4.78 is 7.76. The fourth-order valence-electron chi connectivity index (χ4n) is 2.83. The van der Waals surface area contributed by atoms with E-state index in [0.29, 0.717) is 24.7 Å². The molecule has 1 aliphatic heterocycles. The Kier molecular flexibility index (Phi) is 4.02. The molecule has 1 atom stereocenters. The zero-order chi connectivity index (χ0) is 16.4. The predicted octanol–water partition coefficient (Wildman–Crippen LogP) is 1.80. The van der Waals surface area contributed by atoms with E-state index in [1.807, 2.05) is 10.9 Å². The van der Waals surface area contributed by atoms with Crippen LogP contribution in [-0.4, -0.2) is 38.3 Å². The highest BCUT2D eigenvalue weighted by Gasteiger charge is 2.22. The van der Waals surface area contributed by atoms with Crippen LogP contribution in [0.2, 0.25) is 0 Å². The Morgan fingerprint density at radius 2 is 2.12 bits per heavy atom. The minimum Gasteiger partial charge on any atom is -0.472 e. The standard InChI is InChI=1S/C16H20N6O2/c23-14-5-4-12(9-19-14)22-10-11(8-20-22)21-15-16(18-7-6-17-15)24-13-2-1-3-13/h6-8,10,12-13H,1-5,9H2,(H,17,21)(H,19,23). The summed E-state index contributed by atoms with van der Waals surface area (Å²) in [6, 6.07) is 0.186. The highest BCUT2D eigenvalue weighted by atomic mass is 16.5. The molecule has 4 rings (SSSR count). The number of nitrogens with one attached hydrogen (secondary N) is 2. The Morgan fingerprint density at radius 3 is 2.88 bits per heavy atom. The van der Waals surface area contributed by atoms with Crippen molar-refractivity contribution in [1.29, 1.82) is 0 Å². The van der Waals surface area contributed by atoms with Crippen LogP contribution in [0, 0.1) is 0 Å². The molecule has 0 aromatic carbocycles. The van der Waals surface area contributed by atoms with E-state index >= 15 is 0 Å². The van der Waals surface area contributed by atoms with Gasteiger partial charge in [-0.3, -0.25) is 9.48 Å². The summed E-state index contributed by atoms with van der Waals surface area (Å²) in [5.41, 5.74) is 0.825. The number of carbonyl (C=O) groups excluding carboxylic acids is 1. The third kappa shape index (κ3) is 3.17. The number of nitrogens with zero attached hydrogens (tertiary/aromatic N) is 4. The first-order chi connectivity index (χ1) is 11.8. The van der Waals surface area contributed by atoms with Gasteiger partial charge in [-0.1, -0.05) is 0 Å². The van der Waals surface area contributed by atoms with Gasteiger partial charge in [0, 0.05) is 31.6 Å². The Balaban J connectivity index is 1.45. The molecule has 0 spiro atoms. The Bertz CT molecular complexity index is 717. The van der Waals surface area contributed by atoms with Crippen LogP contribution in [0.4, 0.5) is 11.5 Å². The van der Waals surface area contributed by atoms with Crippen molar-refractivity contribution in [1.82, 2.24) is 25.1 Å². The van der Waals surface area contributed by atoms with E-state index in [9.17, 15) is 4.79 Å². The third-order valence-corrected chi connectivity index (χ3v) is 4.47. The van der Waals surface area contributed by atoms with Gasteiger partial charge in [0.15, 0.2) is 5.82 Å². The van der Waals surface area contributed by atoms with E-state index in [0.717, 1.165) is 24.9 Å². The third-order valence-electron chi connectivity index (χ3n) is 4.47. The molecule has 24 heavy (non-hydrogen) atoms. The lowest BCUT2D eigenvalue weighted by molar-refractivity contribution is -0.122. The van der Waals surface area contributed by atoms with E-state index in [-0.39, 0.29) is 18.1 Å². The Hall–Kier alpha value is -2.64. The number of hydrogen-bond donors (Lipinski definition) is 2. The van der Waals surface area contributed by atoms with Gasteiger partial charge in [-0.05, 0) is 25.7 Å². The first kappa shape index (κ1) is 14.9. The van der Waals surface area contributed by atoms with E-state index in [1.165, 1.54) is 6.42 Å². The fraction of sp³-hybridized carbons (Fsp3) is 0.500. The van der Waals surface area contributed by atoms with Crippen LogP contribution in [0.25, 0.3) is 0 Å². The van der Waals surface area contributed by atoms with Crippen LogP contribution >= 0.6 is 0 Å². The molecule has 2 N–H and O–H groups in total. The van der Waals surface area contributed by atoms with Crippen molar-refractivity contribution in [2.24, 2.45) is 0 Å². The molecule has 2 fully saturated rings. The van der Waals surface area contributed by atoms with Gasteiger partial charge in [0.05, 0.1) is 17.9 Å². The number of carbonyl (C=O) groups is 1. The van der Waals surface area contributed by atoms with Gasteiger partial charge in [-0.2, -0.15) is 5.10 Å². The minimum absolute atomic E-state index is 0.106. The monoisotopic (exact) mass is 328 g/mol. The van der Waals surface area contributed by atoms with Gasteiger partial charge < -0.3 is 15.4 Å². The smallest absolute Gasteiger partial charge is 0.258 e. The number of amides is 1. The average Bonchev–Trinajstić information content (AvgIpc) is 3.01. The van der Waals surface area contributed by atoms with Crippen LogP contribution in [0.5, 0.6) is 5.88 Å². The molecule has 2 aromatic heterocycles. The first-order valence-corrected chi connectivity index (χ1v) is 8.33. The normalized spacial score (nSPS) is 21.0. The summed E-state index contributed by atoms with van der Waals surface area (Å²) in [5.74, 6) is 1.23. The predicted molar refractivity (Wildman–Crippen MR) is 87.1 cm³/mol. The van der Waals surface area contributed by atoms with Crippen molar-refractivity contribution >= 4 is 17.4 Å². The molecule has 8 nitrogen and oxygen atoms in total. The summed E-state index contributed by atoms with van der Waals surface area (Å²) in [6.45, 7) is 0.612. The zero-order valence-corrected chi connectivity index (χ0v) is 13.3. The van der Waals surface area contributed by atoms with Crippen LogP contribution < -0.4 is 15.4 Å². The molecule has 1 amide bonds. The molecule has 8 heteroatoms. The first-order valence-electron chi connectivity index (χ1n) is 8.33. The van der Waals surface area contributed by atoms with Crippen molar-refractivity contribution in [2.45, 2.75) is 44.2 Å². The lowest BCUT2D eigenvalue weighted by Gasteiger charge is -2.26. The highest BCUT2D eigenvalue weighted by Crippen LogP contribution is 2.29. The second-order valence-corrected chi connectivity index (χ2v) is 6.21. The van der Waals surface area contributed by atoms with Crippen LogP contribution in [0.3, 0.4) is 0 Å². The lowest BCUT2D eigenvalue weighted by atomic mass is 9.96. The number of rotatable bonds is 5. The van der Waals surface area contributed by atoms with Crippen molar-refractivity contribution in [3.05, 3.63) is 24.8 Å². The SMILES string of the molecule is O=C1CCC(n2cc(Nc3nccnc3OC3CCC3)cn2)CN1. The van der Waals surface area contributed by atoms with Gasteiger partial charge in [0.1, 0.15) is 6.10 Å². The molecule has 3 heterocycles. The largest absolute Gasteiger partial charge is 0.472 e. The molecule has 2 aromatic rings. The van der Waals surface area contributed by atoms with Crippen LogP contribution in [0.15, 0.2) is 24.8 Å². The number of ether oxygens (including phenoxy) is 1. The molecular weight excluding hydrogens is 308 g/mol.